The van der Waals surface area contributed by atoms with Crippen molar-refractivity contribution in [3.63, 3.8) is 0 Å². The van der Waals surface area contributed by atoms with Gasteiger partial charge in [0.1, 0.15) is 5.15 Å². The highest BCUT2D eigenvalue weighted by Gasteiger charge is 2.25. The van der Waals surface area contributed by atoms with Crippen molar-refractivity contribution < 1.29 is 14.3 Å². The van der Waals surface area contributed by atoms with E-state index in [-0.39, 0.29) is 18.6 Å². The van der Waals surface area contributed by atoms with E-state index in [1.165, 1.54) is 0 Å². The van der Waals surface area contributed by atoms with Crippen molar-refractivity contribution in [1.29, 1.82) is 0 Å². The quantitative estimate of drug-likeness (QED) is 0.661. The maximum atomic E-state index is 12.7. The molecule has 1 aromatic heterocycles. The fraction of sp³-hybridized carbons (Fsp3) is 0.368. The Kier molecular flexibility index (Phi) is 6.95. The highest BCUT2D eigenvalue weighted by Crippen LogP contribution is 2.25. The Morgan fingerprint density at radius 2 is 2.04 bits per heavy atom. The third-order valence-corrected chi connectivity index (χ3v) is 5.11. The van der Waals surface area contributed by atoms with E-state index < -0.39 is 0 Å². The number of carbonyl (C=O) groups is 1. The van der Waals surface area contributed by atoms with Gasteiger partial charge in [-0.2, -0.15) is 0 Å². The molecule has 1 atom stereocenters. The van der Waals surface area contributed by atoms with Crippen molar-refractivity contribution in [1.82, 2.24) is 9.88 Å². The maximum absolute atomic E-state index is 12.7. The summed E-state index contributed by atoms with van der Waals surface area (Å²) in [5.41, 5.74) is 1.97. The zero-order chi connectivity index (χ0) is 19.4. The van der Waals surface area contributed by atoms with Crippen LogP contribution in [0.3, 0.4) is 0 Å². The number of morpholine rings is 1. The van der Waals surface area contributed by atoms with Crippen LogP contribution in [0.15, 0.2) is 30.3 Å². The summed E-state index contributed by atoms with van der Waals surface area (Å²) in [7, 11) is 0. The van der Waals surface area contributed by atoms with Crippen LogP contribution < -0.4 is 0 Å². The van der Waals surface area contributed by atoms with Gasteiger partial charge < -0.3 is 14.4 Å². The molecule has 2 heterocycles. The van der Waals surface area contributed by atoms with Crippen LogP contribution in [0.2, 0.25) is 15.2 Å². The Morgan fingerprint density at radius 1 is 1.30 bits per heavy atom. The molecular formula is C19H19Cl3N2O3. The number of pyridine rings is 1. The van der Waals surface area contributed by atoms with E-state index >= 15 is 0 Å². The Balaban J connectivity index is 1.57. The molecule has 0 aliphatic carbocycles. The van der Waals surface area contributed by atoms with Gasteiger partial charge in [0, 0.05) is 40.0 Å². The lowest BCUT2D eigenvalue weighted by Gasteiger charge is -2.33. The first-order valence-corrected chi connectivity index (χ1v) is 9.63. The fourth-order valence-electron chi connectivity index (χ4n) is 2.90. The molecular weight excluding hydrogens is 411 g/mol. The summed E-state index contributed by atoms with van der Waals surface area (Å²) in [6.07, 6.45) is -0.220. The Bertz CT molecular complexity index is 791. The molecule has 1 saturated heterocycles. The average Bonchev–Trinajstić information content (AvgIpc) is 2.63. The summed E-state index contributed by atoms with van der Waals surface area (Å²) < 4.78 is 11.4. The van der Waals surface area contributed by atoms with Crippen molar-refractivity contribution in [3.05, 3.63) is 62.4 Å². The Hall–Kier alpha value is -1.37. The molecule has 1 aliphatic rings. The largest absolute Gasteiger partial charge is 0.374 e. The summed E-state index contributed by atoms with van der Waals surface area (Å²) in [6, 6.07) is 8.64. The number of nitrogens with zero attached hydrogens (tertiary/aromatic N) is 2. The van der Waals surface area contributed by atoms with Crippen LogP contribution in [0, 0.1) is 6.92 Å². The molecule has 27 heavy (non-hydrogen) atoms. The van der Waals surface area contributed by atoms with E-state index in [9.17, 15) is 4.79 Å². The van der Waals surface area contributed by atoms with Gasteiger partial charge in [-0.3, -0.25) is 4.79 Å². The Morgan fingerprint density at radius 3 is 2.74 bits per heavy atom. The van der Waals surface area contributed by atoms with Gasteiger partial charge in [0.15, 0.2) is 0 Å². The average molecular weight is 430 g/mol. The fourth-order valence-corrected chi connectivity index (χ4v) is 3.66. The molecule has 1 aliphatic heterocycles. The zero-order valence-corrected chi connectivity index (χ0v) is 17.0. The van der Waals surface area contributed by atoms with Crippen LogP contribution in [0.5, 0.6) is 0 Å². The van der Waals surface area contributed by atoms with Crippen LogP contribution in [0.1, 0.15) is 21.6 Å². The first kappa shape index (κ1) is 20.4. The van der Waals surface area contributed by atoms with Gasteiger partial charge in [-0.25, -0.2) is 4.98 Å². The van der Waals surface area contributed by atoms with Crippen molar-refractivity contribution >= 4 is 40.7 Å². The number of rotatable bonds is 5. The van der Waals surface area contributed by atoms with Gasteiger partial charge in [-0.1, -0.05) is 40.9 Å². The van der Waals surface area contributed by atoms with Gasteiger partial charge in [0.25, 0.3) is 5.91 Å². The van der Waals surface area contributed by atoms with Gasteiger partial charge in [0.2, 0.25) is 0 Å². The first-order chi connectivity index (χ1) is 12.9. The minimum atomic E-state index is -0.220. The van der Waals surface area contributed by atoms with Crippen molar-refractivity contribution in [2.24, 2.45) is 0 Å². The molecule has 1 fully saturated rings. The summed E-state index contributed by atoms with van der Waals surface area (Å²) in [6.45, 7) is 3.83. The van der Waals surface area contributed by atoms with Gasteiger partial charge in [0.05, 0.1) is 25.9 Å². The molecule has 1 amide bonds. The molecule has 0 spiro atoms. The third kappa shape index (κ3) is 5.33. The lowest BCUT2D eigenvalue weighted by atomic mass is 10.2. The number of benzene rings is 1. The first-order valence-electron chi connectivity index (χ1n) is 8.49. The summed E-state index contributed by atoms with van der Waals surface area (Å²) in [5.74, 6) is -0.0927. The predicted molar refractivity (Wildman–Crippen MR) is 106 cm³/mol. The minimum Gasteiger partial charge on any atom is -0.374 e. The summed E-state index contributed by atoms with van der Waals surface area (Å²) in [5, 5.41) is 1.44. The summed E-state index contributed by atoms with van der Waals surface area (Å²) in [4.78, 5) is 18.6. The van der Waals surface area contributed by atoms with Crippen LogP contribution in [0.25, 0.3) is 0 Å². The van der Waals surface area contributed by atoms with Gasteiger partial charge in [-0.05, 0) is 31.2 Å². The number of aromatic nitrogens is 1. The van der Waals surface area contributed by atoms with Crippen molar-refractivity contribution in [3.8, 4) is 0 Å². The van der Waals surface area contributed by atoms with Crippen LogP contribution in [0.4, 0.5) is 0 Å². The molecule has 0 bridgehead atoms. The number of carbonyl (C=O) groups excluding carboxylic acids is 1. The van der Waals surface area contributed by atoms with Gasteiger partial charge in [-0.15, -0.1) is 0 Å². The van der Waals surface area contributed by atoms with E-state index in [4.69, 9.17) is 44.3 Å². The maximum Gasteiger partial charge on any atom is 0.254 e. The molecule has 0 saturated carbocycles. The smallest absolute Gasteiger partial charge is 0.254 e. The predicted octanol–water partition coefficient (Wildman–Crippen LogP) is 4.41. The van der Waals surface area contributed by atoms with Crippen molar-refractivity contribution in [2.45, 2.75) is 19.6 Å². The number of hydrogen-bond acceptors (Lipinski definition) is 4. The van der Waals surface area contributed by atoms with E-state index in [1.54, 1.807) is 42.2 Å². The van der Waals surface area contributed by atoms with Crippen LogP contribution in [-0.4, -0.2) is 48.2 Å². The lowest BCUT2D eigenvalue weighted by molar-refractivity contribution is -0.0647. The molecule has 5 nitrogen and oxygen atoms in total. The molecule has 1 aromatic carbocycles. The Labute approximate surface area is 173 Å². The zero-order valence-electron chi connectivity index (χ0n) is 14.8. The SMILES string of the molecule is Cc1cc(C(=O)N2CCOC(COCc3c(Cl)cccc3Cl)C2)cc(Cl)n1. The van der Waals surface area contributed by atoms with E-state index in [0.717, 1.165) is 5.56 Å². The lowest BCUT2D eigenvalue weighted by Crippen LogP contribution is -2.47. The monoisotopic (exact) mass is 428 g/mol. The second-order valence-corrected chi connectivity index (χ2v) is 7.48. The highest BCUT2D eigenvalue weighted by molar-refractivity contribution is 6.35. The molecule has 0 N–H and O–H groups in total. The number of aryl methyl sites for hydroxylation is 1. The standard InChI is InChI=1S/C19H19Cl3N2O3/c1-12-7-13(8-18(22)23-12)19(25)24-5-6-27-14(9-24)10-26-11-15-16(20)3-2-4-17(15)21/h2-4,7-8,14H,5-6,9-11H2,1H3. The second kappa shape index (κ2) is 9.22. The topological polar surface area (TPSA) is 51.7 Å². The third-order valence-electron chi connectivity index (χ3n) is 4.21. The second-order valence-electron chi connectivity index (χ2n) is 6.28. The van der Waals surface area contributed by atoms with Gasteiger partial charge >= 0.3 is 0 Å². The molecule has 1 unspecified atom stereocenters. The molecule has 2 aromatic rings. The van der Waals surface area contributed by atoms with E-state index in [0.29, 0.717) is 52.8 Å². The highest BCUT2D eigenvalue weighted by atomic mass is 35.5. The van der Waals surface area contributed by atoms with E-state index in [2.05, 4.69) is 4.98 Å². The normalized spacial score (nSPS) is 17.2. The number of amides is 1. The van der Waals surface area contributed by atoms with Crippen LogP contribution in [-0.2, 0) is 16.1 Å². The number of hydrogen-bond donors (Lipinski definition) is 0. The van der Waals surface area contributed by atoms with Crippen molar-refractivity contribution in [2.75, 3.05) is 26.3 Å². The number of halogens is 3. The molecule has 144 valence electrons. The summed E-state index contributed by atoms with van der Waals surface area (Å²) >= 11 is 18.3. The minimum absolute atomic E-state index is 0.0927. The molecule has 8 heteroatoms. The van der Waals surface area contributed by atoms with E-state index in [1.807, 2.05) is 0 Å². The molecule has 0 radical (unpaired) electrons. The molecule has 3 rings (SSSR count). The number of ether oxygens (including phenoxy) is 2. The van der Waals surface area contributed by atoms with Crippen LogP contribution >= 0.6 is 34.8 Å².